The first kappa shape index (κ1) is 12.0. The summed E-state index contributed by atoms with van der Waals surface area (Å²) < 4.78 is 0. The van der Waals surface area contributed by atoms with Crippen molar-refractivity contribution in [3.05, 3.63) is 22.4 Å². The first-order valence-electron chi connectivity index (χ1n) is 5.90. The smallest absolute Gasteiger partial charge is 0.0569 e. The van der Waals surface area contributed by atoms with Crippen molar-refractivity contribution >= 4 is 11.3 Å². The standard InChI is InChI=1S/C12H21N3S/c1-14(2)10-11(12-4-3-9-16-12)15-7-5-13-6-8-15/h3-4,9,11,13H,5-8,10H2,1-2H3. The Labute approximate surface area is 102 Å². The zero-order valence-electron chi connectivity index (χ0n) is 10.1. The minimum Gasteiger partial charge on any atom is -0.314 e. The van der Waals surface area contributed by atoms with Gasteiger partial charge in [0.1, 0.15) is 0 Å². The molecule has 1 aliphatic heterocycles. The fraction of sp³-hybridized carbons (Fsp3) is 0.667. The molecule has 1 aromatic heterocycles. The quantitative estimate of drug-likeness (QED) is 0.853. The van der Waals surface area contributed by atoms with Gasteiger partial charge in [0, 0.05) is 37.6 Å². The second-order valence-electron chi connectivity index (χ2n) is 4.58. The van der Waals surface area contributed by atoms with Gasteiger partial charge >= 0.3 is 0 Å². The molecular weight excluding hydrogens is 218 g/mol. The van der Waals surface area contributed by atoms with E-state index in [1.807, 2.05) is 11.3 Å². The van der Waals surface area contributed by atoms with Crippen molar-refractivity contribution in [1.29, 1.82) is 0 Å². The van der Waals surface area contributed by atoms with Gasteiger partial charge in [-0.1, -0.05) is 6.07 Å². The minimum absolute atomic E-state index is 0.567. The molecule has 0 bridgehead atoms. The van der Waals surface area contributed by atoms with E-state index in [2.05, 4.69) is 46.7 Å². The van der Waals surface area contributed by atoms with Crippen molar-refractivity contribution in [2.75, 3.05) is 46.8 Å². The van der Waals surface area contributed by atoms with Crippen LogP contribution in [0.25, 0.3) is 0 Å². The van der Waals surface area contributed by atoms with Crippen molar-refractivity contribution in [2.24, 2.45) is 0 Å². The van der Waals surface area contributed by atoms with E-state index in [-0.39, 0.29) is 0 Å². The molecular formula is C12H21N3S. The van der Waals surface area contributed by atoms with E-state index in [0.717, 1.165) is 32.7 Å². The van der Waals surface area contributed by atoms with Gasteiger partial charge in [0.05, 0.1) is 6.04 Å². The van der Waals surface area contributed by atoms with E-state index in [1.54, 1.807) is 0 Å². The maximum atomic E-state index is 3.42. The summed E-state index contributed by atoms with van der Waals surface area (Å²) in [6, 6.07) is 4.99. The summed E-state index contributed by atoms with van der Waals surface area (Å²) in [5, 5.41) is 5.60. The number of thiophene rings is 1. The number of hydrogen-bond donors (Lipinski definition) is 1. The van der Waals surface area contributed by atoms with Crippen molar-refractivity contribution in [3.63, 3.8) is 0 Å². The highest BCUT2D eigenvalue weighted by molar-refractivity contribution is 7.10. The molecule has 0 radical (unpaired) electrons. The van der Waals surface area contributed by atoms with Crippen molar-refractivity contribution < 1.29 is 0 Å². The van der Waals surface area contributed by atoms with Crippen LogP contribution < -0.4 is 5.32 Å². The predicted molar refractivity (Wildman–Crippen MR) is 70.1 cm³/mol. The Morgan fingerprint density at radius 3 is 2.75 bits per heavy atom. The van der Waals surface area contributed by atoms with Gasteiger partial charge in [0.15, 0.2) is 0 Å². The normalized spacial score (nSPS) is 20.2. The molecule has 0 spiro atoms. The van der Waals surface area contributed by atoms with Crippen LogP contribution in [0.15, 0.2) is 17.5 Å². The van der Waals surface area contributed by atoms with Gasteiger partial charge in [-0.15, -0.1) is 11.3 Å². The minimum atomic E-state index is 0.567. The van der Waals surface area contributed by atoms with Gasteiger partial charge in [-0.25, -0.2) is 0 Å². The van der Waals surface area contributed by atoms with Crippen LogP contribution in [0.4, 0.5) is 0 Å². The second kappa shape index (κ2) is 5.77. The summed E-state index contributed by atoms with van der Waals surface area (Å²) >= 11 is 1.88. The van der Waals surface area contributed by atoms with Crippen LogP contribution in [0.1, 0.15) is 10.9 Å². The van der Waals surface area contributed by atoms with Crippen LogP contribution in [0.3, 0.4) is 0 Å². The molecule has 2 heterocycles. The highest BCUT2D eigenvalue weighted by atomic mass is 32.1. The van der Waals surface area contributed by atoms with Gasteiger partial charge in [0.25, 0.3) is 0 Å². The van der Waals surface area contributed by atoms with Crippen LogP contribution >= 0.6 is 11.3 Å². The SMILES string of the molecule is CN(C)CC(c1cccs1)N1CCNCC1. The molecule has 1 atom stereocenters. The van der Waals surface area contributed by atoms with Gasteiger partial charge in [-0.2, -0.15) is 0 Å². The van der Waals surface area contributed by atoms with Crippen LogP contribution in [0.5, 0.6) is 0 Å². The number of piperazine rings is 1. The molecule has 2 rings (SSSR count). The van der Waals surface area contributed by atoms with Crippen LogP contribution in [0, 0.1) is 0 Å². The molecule has 4 heteroatoms. The number of nitrogens with zero attached hydrogens (tertiary/aromatic N) is 2. The van der Waals surface area contributed by atoms with E-state index in [4.69, 9.17) is 0 Å². The Morgan fingerprint density at radius 2 is 2.19 bits per heavy atom. The molecule has 1 aliphatic rings. The molecule has 0 aliphatic carbocycles. The lowest BCUT2D eigenvalue weighted by molar-refractivity contribution is 0.147. The van der Waals surface area contributed by atoms with E-state index in [0.29, 0.717) is 6.04 Å². The van der Waals surface area contributed by atoms with Crippen LogP contribution in [-0.4, -0.2) is 56.6 Å². The van der Waals surface area contributed by atoms with Crippen LogP contribution in [-0.2, 0) is 0 Å². The Kier molecular flexibility index (Phi) is 4.35. The lowest BCUT2D eigenvalue weighted by Crippen LogP contribution is -2.47. The molecule has 0 amide bonds. The zero-order valence-corrected chi connectivity index (χ0v) is 11.0. The number of rotatable bonds is 4. The Hall–Kier alpha value is -0.420. The van der Waals surface area contributed by atoms with Gasteiger partial charge in [0.2, 0.25) is 0 Å². The summed E-state index contributed by atoms with van der Waals surface area (Å²) in [5.74, 6) is 0. The molecule has 3 nitrogen and oxygen atoms in total. The molecule has 1 unspecified atom stereocenters. The number of nitrogens with one attached hydrogen (secondary N) is 1. The third-order valence-corrected chi connectivity index (χ3v) is 3.98. The van der Waals surface area contributed by atoms with Gasteiger partial charge < -0.3 is 10.2 Å². The maximum absolute atomic E-state index is 3.42. The molecule has 0 saturated carbocycles. The van der Waals surface area contributed by atoms with Crippen molar-refractivity contribution in [2.45, 2.75) is 6.04 Å². The maximum Gasteiger partial charge on any atom is 0.0569 e. The molecule has 1 aromatic rings. The van der Waals surface area contributed by atoms with Crippen molar-refractivity contribution in [3.8, 4) is 0 Å². The Bertz CT molecular complexity index is 291. The third-order valence-electron chi connectivity index (χ3n) is 3.00. The predicted octanol–water partition coefficient (Wildman–Crippen LogP) is 1.26. The summed E-state index contributed by atoms with van der Waals surface area (Å²) in [6.07, 6.45) is 0. The topological polar surface area (TPSA) is 18.5 Å². The average molecular weight is 239 g/mol. The lowest BCUT2D eigenvalue weighted by atomic mass is 10.1. The molecule has 1 fully saturated rings. The molecule has 0 aromatic carbocycles. The first-order chi connectivity index (χ1) is 7.77. The van der Waals surface area contributed by atoms with Gasteiger partial charge in [-0.05, 0) is 25.5 Å². The second-order valence-corrected chi connectivity index (χ2v) is 5.56. The fourth-order valence-corrected chi connectivity index (χ4v) is 3.06. The average Bonchev–Trinajstić information content (AvgIpc) is 2.80. The summed E-state index contributed by atoms with van der Waals surface area (Å²) in [5.41, 5.74) is 0. The summed E-state index contributed by atoms with van der Waals surface area (Å²) in [4.78, 5) is 6.38. The number of likely N-dealkylation sites (N-methyl/N-ethyl adjacent to an activating group) is 1. The Balaban J connectivity index is 2.07. The summed E-state index contributed by atoms with van der Waals surface area (Å²) in [6.45, 7) is 5.68. The highest BCUT2D eigenvalue weighted by Gasteiger charge is 2.23. The highest BCUT2D eigenvalue weighted by Crippen LogP contribution is 2.25. The Morgan fingerprint density at radius 1 is 1.44 bits per heavy atom. The molecule has 1 N–H and O–H groups in total. The van der Waals surface area contributed by atoms with Gasteiger partial charge in [-0.3, -0.25) is 4.90 Å². The zero-order chi connectivity index (χ0) is 11.4. The lowest BCUT2D eigenvalue weighted by Gasteiger charge is -2.35. The molecule has 90 valence electrons. The van der Waals surface area contributed by atoms with Crippen LogP contribution in [0.2, 0.25) is 0 Å². The monoisotopic (exact) mass is 239 g/mol. The molecule has 16 heavy (non-hydrogen) atoms. The van der Waals surface area contributed by atoms with E-state index in [1.165, 1.54) is 4.88 Å². The van der Waals surface area contributed by atoms with Crippen molar-refractivity contribution in [1.82, 2.24) is 15.1 Å². The third kappa shape index (κ3) is 3.04. The summed E-state index contributed by atoms with van der Waals surface area (Å²) in [7, 11) is 4.31. The largest absolute Gasteiger partial charge is 0.314 e. The fourth-order valence-electron chi connectivity index (χ4n) is 2.21. The van der Waals surface area contributed by atoms with E-state index >= 15 is 0 Å². The number of hydrogen-bond acceptors (Lipinski definition) is 4. The first-order valence-corrected chi connectivity index (χ1v) is 6.78. The molecule has 1 saturated heterocycles. The van der Waals surface area contributed by atoms with E-state index in [9.17, 15) is 0 Å². The van der Waals surface area contributed by atoms with E-state index < -0.39 is 0 Å².